The normalized spacial score (nSPS) is 14.3. The van der Waals surface area contributed by atoms with Gasteiger partial charge in [-0.25, -0.2) is 10.8 Å². The first-order chi connectivity index (χ1) is 9.34. The van der Waals surface area contributed by atoms with E-state index in [0.717, 1.165) is 29.4 Å². The predicted octanol–water partition coefficient (Wildman–Crippen LogP) is 3.59. The first kappa shape index (κ1) is 12.3. The van der Waals surface area contributed by atoms with Crippen LogP contribution in [0.2, 0.25) is 0 Å². The van der Waals surface area contributed by atoms with Gasteiger partial charge in [-0.2, -0.15) is 0 Å². The lowest BCUT2D eigenvalue weighted by atomic mass is 10.3. The lowest BCUT2D eigenvalue weighted by Gasteiger charge is -2.19. The summed E-state index contributed by atoms with van der Waals surface area (Å²) >= 11 is 1.83. The molecule has 0 aliphatic carbocycles. The maximum Gasteiger partial charge on any atom is 0.124 e. The van der Waals surface area contributed by atoms with Crippen molar-refractivity contribution in [2.24, 2.45) is 10.8 Å². The number of hydrogen-bond acceptors (Lipinski definition) is 4. The molecule has 3 rings (SSSR count). The average molecular weight is 269 g/mol. The van der Waals surface area contributed by atoms with Crippen LogP contribution in [0.25, 0.3) is 0 Å². The van der Waals surface area contributed by atoms with Crippen LogP contribution < -0.4 is 10.9 Å². The first-order valence-corrected chi connectivity index (χ1v) is 7.22. The molecule has 0 saturated heterocycles. The summed E-state index contributed by atoms with van der Waals surface area (Å²) in [6.45, 7) is 0. The number of benzene rings is 2. The highest BCUT2D eigenvalue weighted by Gasteiger charge is 2.14. The van der Waals surface area contributed by atoms with Crippen molar-refractivity contribution in [1.29, 1.82) is 0 Å². The van der Waals surface area contributed by atoms with Gasteiger partial charge < -0.3 is 0 Å². The molecule has 4 heteroatoms. The molecule has 1 aliphatic rings. The molecule has 0 spiro atoms. The topological polar surface area (TPSA) is 41.6 Å². The summed E-state index contributed by atoms with van der Waals surface area (Å²) in [5.74, 6) is 8.09. The molecule has 3 nitrogen and oxygen atoms in total. The van der Waals surface area contributed by atoms with E-state index in [1.807, 2.05) is 60.3 Å². The molecule has 0 aromatic heterocycles. The number of hydrazine groups is 1. The Morgan fingerprint density at radius 3 is 2.58 bits per heavy atom. The molecule has 2 aromatic rings. The van der Waals surface area contributed by atoms with Gasteiger partial charge in [-0.1, -0.05) is 30.3 Å². The third-order valence-corrected chi connectivity index (χ3v) is 4.07. The summed E-state index contributed by atoms with van der Waals surface area (Å²) in [5.41, 5.74) is 1.97. The van der Waals surface area contributed by atoms with E-state index in [0.29, 0.717) is 0 Å². The van der Waals surface area contributed by atoms with Crippen molar-refractivity contribution in [3.63, 3.8) is 0 Å². The maximum absolute atomic E-state index is 6.19. The van der Waals surface area contributed by atoms with Crippen LogP contribution in [0.5, 0.6) is 0 Å². The molecule has 96 valence electrons. The van der Waals surface area contributed by atoms with Crippen molar-refractivity contribution in [2.75, 3.05) is 10.8 Å². The van der Waals surface area contributed by atoms with Gasteiger partial charge in [-0.3, -0.25) is 5.01 Å². The largest absolute Gasteiger partial charge is 0.266 e. The molecule has 19 heavy (non-hydrogen) atoms. The fourth-order valence-electron chi connectivity index (χ4n) is 2.03. The van der Waals surface area contributed by atoms with Gasteiger partial charge in [-0.05, 0) is 24.3 Å². The average Bonchev–Trinajstić information content (AvgIpc) is 2.69. The van der Waals surface area contributed by atoms with E-state index in [-0.39, 0.29) is 0 Å². The Bertz CT molecular complexity index is 595. The van der Waals surface area contributed by atoms with Crippen LogP contribution in [0, 0.1) is 0 Å². The Morgan fingerprint density at radius 1 is 1.00 bits per heavy atom. The third kappa shape index (κ3) is 2.64. The zero-order valence-electron chi connectivity index (χ0n) is 10.5. The van der Waals surface area contributed by atoms with Crippen LogP contribution in [-0.4, -0.2) is 11.6 Å². The maximum atomic E-state index is 6.19. The second-order valence-corrected chi connectivity index (χ2v) is 5.44. The Balaban J connectivity index is 1.95. The van der Waals surface area contributed by atoms with E-state index in [1.54, 1.807) is 5.01 Å². The van der Waals surface area contributed by atoms with Gasteiger partial charge in [0.2, 0.25) is 0 Å². The highest BCUT2D eigenvalue weighted by Crippen LogP contribution is 2.33. The molecule has 1 heterocycles. The molecular weight excluding hydrogens is 254 g/mol. The van der Waals surface area contributed by atoms with Crippen LogP contribution in [0.15, 0.2) is 64.5 Å². The second kappa shape index (κ2) is 5.47. The number of aliphatic imine (C=N–C) groups is 1. The highest BCUT2D eigenvalue weighted by molar-refractivity contribution is 7.99. The molecule has 2 aromatic carbocycles. The number of rotatable bonds is 1. The highest BCUT2D eigenvalue weighted by atomic mass is 32.2. The van der Waals surface area contributed by atoms with E-state index in [9.17, 15) is 0 Å². The quantitative estimate of drug-likeness (QED) is 0.635. The minimum absolute atomic E-state index is 0.866. The lowest BCUT2D eigenvalue weighted by molar-refractivity contribution is 1.07. The molecule has 0 unspecified atom stereocenters. The minimum Gasteiger partial charge on any atom is -0.266 e. The first-order valence-electron chi connectivity index (χ1n) is 6.24. The smallest absolute Gasteiger partial charge is 0.124 e. The summed E-state index contributed by atoms with van der Waals surface area (Å²) < 4.78 is 0. The van der Waals surface area contributed by atoms with Crippen LogP contribution >= 0.6 is 11.8 Å². The Hall–Kier alpha value is -1.78. The molecule has 0 fully saturated rings. The van der Waals surface area contributed by atoms with Gasteiger partial charge in [0, 0.05) is 17.1 Å². The molecule has 1 aliphatic heterocycles. The molecule has 0 amide bonds. The monoisotopic (exact) mass is 269 g/mol. The van der Waals surface area contributed by atoms with E-state index >= 15 is 0 Å². The van der Waals surface area contributed by atoms with Crippen LogP contribution in [0.3, 0.4) is 0 Å². The van der Waals surface area contributed by atoms with Crippen molar-refractivity contribution in [2.45, 2.75) is 11.3 Å². The Labute approximate surface area is 117 Å². The summed E-state index contributed by atoms with van der Waals surface area (Å²) in [6, 6.07) is 18.1. The van der Waals surface area contributed by atoms with Gasteiger partial charge >= 0.3 is 0 Å². The van der Waals surface area contributed by atoms with Crippen LogP contribution in [0.1, 0.15) is 6.42 Å². The molecule has 0 atom stereocenters. The van der Waals surface area contributed by atoms with E-state index in [4.69, 9.17) is 10.8 Å². The number of thioether (sulfide) groups is 1. The number of hydrogen-bond donors (Lipinski definition) is 1. The summed E-state index contributed by atoms with van der Waals surface area (Å²) in [5, 5.41) is 1.68. The Morgan fingerprint density at radius 2 is 1.74 bits per heavy atom. The van der Waals surface area contributed by atoms with Gasteiger partial charge in [0.25, 0.3) is 0 Å². The fourth-order valence-corrected chi connectivity index (χ4v) is 2.97. The van der Waals surface area contributed by atoms with Crippen LogP contribution in [0.4, 0.5) is 11.4 Å². The number of fused-ring (bicyclic) bond motifs is 1. The van der Waals surface area contributed by atoms with Gasteiger partial charge in [0.05, 0.1) is 11.4 Å². The van der Waals surface area contributed by atoms with Crippen LogP contribution in [-0.2, 0) is 0 Å². The van der Waals surface area contributed by atoms with Gasteiger partial charge in [0.15, 0.2) is 0 Å². The summed E-state index contributed by atoms with van der Waals surface area (Å²) in [7, 11) is 0. The number of nitrogens with two attached hydrogens (primary N) is 1. The molecule has 0 saturated carbocycles. The van der Waals surface area contributed by atoms with Crippen molar-refractivity contribution < 1.29 is 0 Å². The molecular formula is C15H15N3S. The van der Waals surface area contributed by atoms with Crippen molar-refractivity contribution >= 4 is 29.0 Å². The van der Waals surface area contributed by atoms with E-state index in [2.05, 4.69) is 6.07 Å². The van der Waals surface area contributed by atoms with Gasteiger partial charge in [0.1, 0.15) is 5.84 Å². The zero-order valence-corrected chi connectivity index (χ0v) is 11.3. The van der Waals surface area contributed by atoms with Crippen molar-refractivity contribution in [3.8, 4) is 0 Å². The van der Waals surface area contributed by atoms with Crippen molar-refractivity contribution in [1.82, 2.24) is 0 Å². The fraction of sp³-hybridized carbons (Fsp3) is 0.133. The summed E-state index contributed by atoms with van der Waals surface area (Å²) in [6.07, 6.45) is 0.866. The minimum atomic E-state index is 0.866. The van der Waals surface area contributed by atoms with Crippen molar-refractivity contribution in [3.05, 3.63) is 54.6 Å². The SMILES string of the molecule is NN(C1=Nc2ccccc2SCC1)c1ccccc1. The Kier molecular flexibility index (Phi) is 3.53. The van der Waals surface area contributed by atoms with E-state index < -0.39 is 0 Å². The lowest BCUT2D eigenvalue weighted by Crippen LogP contribution is -2.37. The van der Waals surface area contributed by atoms with Gasteiger partial charge in [-0.15, -0.1) is 11.8 Å². The second-order valence-electron chi connectivity index (χ2n) is 4.30. The standard InChI is InChI=1S/C15H15N3S/c16-18(12-6-2-1-3-7-12)15-10-11-19-14-9-5-4-8-13(14)17-15/h1-9H,10-11,16H2. The molecule has 0 radical (unpaired) electrons. The molecule has 0 bridgehead atoms. The number of amidine groups is 1. The molecule has 2 N–H and O–H groups in total. The predicted molar refractivity (Wildman–Crippen MR) is 82.0 cm³/mol. The number of nitrogens with zero attached hydrogens (tertiary/aromatic N) is 2. The third-order valence-electron chi connectivity index (χ3n) is 3.01. The van der Waals surface area contributed by atoms with E-state index in [1.165, 1.54) is 4.90 Å². The zero-order chi connectivity index (χ0) is 13.1. The summed E-state index contributed by atoms with van der Waals surface area (Å²) in [4.78, 5) is 5.93. The number of para-hydroxylation sites is 2. The number of anilines is 1.